The van der Waals surface area contributed by atoms with Crippen LogP contribution in [0.1, 0.15) is 13.8 Å². The molecule has 3 nitrogen and oxygen atoms in total. The summed E-state index contributed by atoms with van der Waals surface area (Å²) in [5.74, 6) is 0.242. The van der Waals surface area contributed by atoms with Gasteiger partial charge in [0, 0.05) is 7.11 Å². The van der Waals surface area contributed by atoms with E-state index < -0.39 is 0 Å². The van der Waals surface area contributed by atoms with Crippen molar-refractivity contribution in [3.8, 4) is 0 Å². The van der Waals surface area contributed by atoms with Crippen LogP contribution in [-0.2, 0) is 28.0 Å². The molecule has 2 atom stereocenters. The van der Waals surface area contributed by atoms with Crippen LogP contribution >= 0.6 is 0 Å². The summed E-state index contributed by atoms with van der Waals surface area (Å²) in [6, 6.07) is 0. The maximum atomic E-state index is 8.70. The fourth-order valence-electron chi connectivity index (χ4n) is 1.12. The van der Waals surface area contributed by atoms with Crippen molar-refractivity contribution in [3.63, 3.8) is 0 Å². The minimum absolute atomic E-state index is 0. The van der Waals surface area contributed by atoms with Gasteiger partial charge in [0.1, 0.15) is 0 Å². The van der Waals surface area contributed by atoms with Crippen LogP contribution in [0.4, 0.5) is 0 Å². The van der Waals surface area contributed by atoms with Crippen LogP contribution in [0, 0.1) is 18.8 Å². The molecule has 0 aliphatic rings. The number of rotatable bonds is 8. The minimum atomic E-state index is 0. The van der Waals surface area contributed by atoms with E-state index >= 15 is 0 Å². The maximum absolute atomic E-state index is 8.70. The maximum Gasteiger partial charge on any atom is 2.00 e. The molecule has 0 heterocycles. The smallest absolute Gasteiger partial charge is 0.428 e. The van der Waals surface area contributed by atoms with Gasteiger partial charge in [-0.2, -0.15) is 12.8 Å². The van der Waals surface area contributed by atoms with E-state index in [2.05, 4.69) is 0 Å². The second kappa shape index (κ2) is 11.5. The van der Waals surface area contributed by atoms with Gasteiger partial charge in [-0.05, 0) is 0 Å². The molecule has 0 aliphatic heterocycles. The predicted octanol–water partition coefficient (Wildman–Crippen LogP) is 1.07. The Morgan fingerprint density at radius 1 is 1.36 bits per heavy atom. The number of hydrogen-bond acceptors (Lipinski definition) is 3. The summed E-state index contributed by atoms with van der Waals surface area (Å²) < 4.78 is 10.4. The number of methoxy groups -OCH3 is 1. The topological polar surface area (TPSA) is 38.7 Å². The zero-order chi connectivity index (χ0) is 10.1. The van der Waals surface area contributed by atoms with Crippen molar-refractivity contribution in [1.82, 2.24) is 0 Å². The first-order valence-electron chi connectivity index (χ1n) is 4.60. The van der Waals surface area contributed by atoms with Crippen LogP contribution < -0.4 is 0 Å². The van der Waals surface area contributed by atoms with Gasteiger partial charge in [-0.15, -0.1) is 0 Å². The van der Waals surface area contributed by atoms with E-state index in [9.17, 15) is 0 Å². The first-order chi connectivity index (χ1) is 6.26. The van der Waals surface area contributed by atoms with Crippen molar-refractivity contribution in [1.29, 1.82) is 0 Å². The van der Waals surface area contributed by atoms with Gasteiger partial charge < -0.3 is 27.4 Å². The zero-order valence-electron chi connectivity index (χ0n) is 9.14. The van der Waals surface area contributed by atoms with Gasteiger partial charge >= 0.3 is 18.6 Å². The SMILES string of the molecule is C[CH-]C(OCCOC)C(C)[CH-]CO.[V+2]. The summed E-state index contributed by atoms with van der Waals surface area (Å²) >= 11 is 0. The summed E-state index contributed by atoms with van der Waals surface area (Å²) in [5, 5.41) is 8.70. The Hall–Kier alpha value is 0.464. The van der Waals surface area contributed by atoms with E-state index in [1.54, 1.807) is 7.11 Å². The molecule has 4 heteroatoms. The summed E-state index contributed by atoms with van der Waals surface area (Å²) in [4.78, 5) is 0. The fraction of sp³-hybridized carbons (Fsp3) is 0.800. The summed E-state index contributed by atoms with van der Waals surface area (Å²) in [5.41, 5.74) is 0. The minimum Gasteiger partial charge on any atom is -0.428 e. The molecule has 0 fully saturated rings. The molecule has 0 saturated carbocycles. The van der Waals surface area contributed by atoms with Gasteiger partial charge in [-0.1, -0.05) is 19.6 Å². The number of hydrogen-bond donors (Lipinski definition) is 1. The molecule has 1 N–H and O–H groups in total. The molecule has 2 unspecified atom stereocenters. The van der Waals surface area contributed by atoms with Crippen LogP contribution in [-0.4, -0.2) is 38.1 Å². The van der Waals surface area contributed by atoms with Crippen molar-refractivity contribution in [2.24, 2.45) is 5.92 Å². The summed E-state index contributed by atoms with van der Waals surface area (Å²) in [6.45, 7) is 5.28. The molecule has 0 amide bonds. The Kier molecular flexibility index (Phi) is 13.9. The average Bonchev–Trinajstić information content (AvgIpc) is 2.13. The van der Waals surface area contributed by atoms with E-state index in [0.717, 1.165) is 0 Å². The molecule has 0 aromatic rings. The second-order valence-electron chi connectivity index (χ2n) is 2.94. The van der Waals surface area contributed by atoms with E-state index in [-0.39, 0.29) is 37.2 Å². The van der Waals surface area contributed by atoms with Gasteiger partial charge in [0.15, 0.2) is 0 Å². The predicted molar refractivity (Wildman–Crippen MR) is 52.1 cm³/mol. The normalized spacial score (nSPS) is 14.6. The van der Waals surface area contributed by atoms with Crippen molar-refractivity contribution in [2.75, 3.05) is 26.9 Å². The molecule has 0 aromatic carbocycles. The Balaban J connectivity index is 0. The van der Waals surface area contributed by atoms with E-state index in [0.29, 0.717) is 13.2 Å². The quantitative estimate of drug-likeness (QED) is 0.508. The van der Waals surface area contributed by atoms with Crippen LogP contribution in [0.5, 0.6) is 0 Å². The van der Waals surface area contributed by atoms with Crippen LogP contribution in [0.2, 0.25) is 0 Å². The molecule has 0 rings (SSSR count). The van der Waals surface area contributed by atoms with Crippen LogP contribution in [0.25, 0.3) is 0 Å². The monoisotopic (exact) mass is 239 g/mol. The molecule has 0 aliphatic carbocycles. The molecule has 1 radical (unpaired) electrons. The van der Waals surface area contributed by atoms with Crippen LogP contribution in [0.15, 0.2) is 0 Å². The molecule has 0 spiro atoms. The second-order valence-corrected chi connectivity index (χ2v) is 2.94. The standard InChI is InChI=1S/C10H20O3.V/c1-4-10(9(2)5-6-11)13-8-7-12-3;/h4-5,9-11H,6-8H2,1-3H3;/q-2;+2. The summed E-state index contributed by atoms with van der Waals surface area (Å²) in [7, 11) is 1.65. The molecule has 0 saturated heterocycles. The van der Waals surface area contributed by atoms with Crippen LogP contribution in [0.3, 0.4) is 0 Å². The average molecular weight is 239 g/mol. The molecule has 83 valence electrons. The van der Waals surface area contributed by atoms with E-state index in [4.69, 9.17) is 14.6 Å². The van der Waals surface area contributed by atoms with Crippen molar-refractivity contribution < 1.29 is 33.1 Å². The third kappa shape index (κ3) is 7.83. The third-order valence-electron chi connectivity index (χ3n) is 1.92. The molecule has 0 bridgehead atoms. The first kappa shape index (κ1) is 16.9. The Morgan fingerprint density at radius 3 is 2.43 bits per heavy atom. The van der Waals surface area contributed by atoms with E-state index in [1.165, 1.54) is 0 Å². The van der Waals surface area contributed by atoms with E-state index in [1.807, 2.05) is 26.7 Å². The molecule has 0 aromatic heterocycles. The van der Waals surface area contributed by atoms with Crippen molar-refractivity contribution in [3.05, 3.63) is 12.8 Å². The Bertz CT molecular complexity index is 112. The van der Waals surface area contributed by atoms with Gasteiger partial charge in [0.05, 0.1) is 13.2 Å². The number of ether oxygens (including phenoxy) is 2. The van der Waals surface area contributed by atoms with Gasteiger partial charge in [0.25, 0.3) is 0 Å². The molecular formula is C10H20O3V. The fourth-order valence-corrected chi connectivity index (χ4v) is 1.12. The Morgan fingerprint density at radius 2 is 2.00 bits per heavy atom. The Labute approximate surface area is 99.1 Å². The van der Waals surface area contributed by atoms with Gasteiger partial charge in [0.2, 0.25) is 0 Å². The van der Waals surface area contributed by atoms with Gasteiger partial charge in [-0.25, -0.2) is 0 Å². The largest absolute Gasteiger partial charge is 2.00 e. The molecule has 14 heavy (non-hydrogen) atoms. The van der Waals surface area contributed by atoms with Crippen molar-refractivity contribution in [2.45, 2.75) is 20.0 Å². The first-order valence-corrected chi connectivity index (χ1v) is 4.60. The van der Waals surface area contributed by atoms with Crippen molar-refractivity contribution >= 4 is 0 Å². The third-order valence-corrected chi connectivity index (χ3v) is 1.92. The number of aliphatic hydroxyl groups excluding tert-OH is 1. The summed E-state index contributed by atoms with van der Waals surface area (Å²) in [6.07, 6.45) is 3.89. The zero-order valence-corrected chi connectivity index (χ0v) is 10.5. The number of aliphatic hydroxyl groups is 1. The molecular weight excluding hydrogens is 219 g/mol. The van der Waals surface area contributed by atoms with Gasteiger partial charge in [-0.3, -0.25) is 0 Å².